The molecule has 0 aliphatic carbocycles. The smallest absolute Gasteiger partial charge is 0.411 e. The zero-order valence-corrected chi connectivity index (χ0v) is 12.3. The van der Waals surface area contributed by atoms with Crippen molar-refractivity contribution in [3.8, 4) is 0 Å². The lowest BCUT2D eigenvalue weighted by atomic mass is 10.3. The number of amides is 1. The van der Waals surface area contributed by atoms with Crippen molar-refractivity contribution >= 4 is 11.8 Å². The van der Waals surface area contributed by atoms with Gasteiger partial charge in [-0.3, -0.25) is 4.90 Å². The van der Waals surface area contributed by atoms with Crippen molar-refractivity contribution in [2.75, 3.05) is 11.4 Å². The quantitative estimate of drug-likeness (QED) is 0.749. The largest absolute Gasteiger partial charge is 0.465 e. The van der Waals surface area contributed by atoms with Crippen LogP contribution in [0.25, 0.3) is 0 Å². The molecular weight excluding hydrogens is 226 g/mol. The first-order chi connectivity index (χ1) is 8.75. The van der Waals surface area contributed by atoms with Crippen LogP contribution < -0.4 is 4.90 Å². The summed E-state index contributed by atoms with van der Waals surface area (Å²) in [6.45, 7) is 16.3. The minimum atomic E-state index is -0.913. The SMILES string of the molecule is C=C.CC.CC.CCN(C(=O)O)c1ccccc1. The molecular formula is C15H27NO2. The lowest BCUT2D eigenvalue weighted by Gasteiger charge is -2.16. The third kappa shape index (κ3) is 9.46. The second-order valence-electron chi connectivity index (χ2n) is 2.36. The van der Waals surface area contributed by atoms with E-state index in [1.54, 1.807) is 19.1 Å². The highest BCUT2D eigenvalue weighted by Gasteiger charge is 2.09. The molecule has 0 fully saturated rings. The molecule has 0 atom stereocenters. The Morgan fingerprint density at radius 1 is 1.11 bits per heavy atom. The van der Waals surface area contributed by atoms with Gasteiger partial charge < -0.3 is 5.11 Å². The molecule has 0 saturated heterocycles. The summed E-state index contributed by atoms with van der Waals surface area (Å²) in [5, 5.41) is 8.75. The van der Waals surface area contributed by atoms with Crippen LogP contribution in [0.2, 0.25) is 0 Å². The molecule has 0 saturated carbocycles. The molecule has 0 spiro atoms. The molecule has 104 valence electrons. The first kappa shape index (κ1) is 21.5. The van der Waals surface area contributed by atoms with Crippen LogP contribution in [0.3, 0.4) is 0 Å². The summed E-state index contributed by atoms with van der Waals surface area (Å²) in [5.74, 6) is 0. The third-order valence-electron chi connectivity index (χ3n) is 1.61. The molecule has 0 radical (unpaired) electrons. The number of para-hydroxylation sites is 1. The zero-order valence-electron chi connectivity index (χ0n) is 12.3. The summed E-state index contributed by atoms with van der Waals surface area (Å²) in [5.41, 5.74) is 0.715. The number of carbonyl (C=O) groups is 1. The third-order valence-corrected chi connectivity index (χ3v) is 1.61. The van der Waals surface area contributed by atoms with Gasteiger partial charge in [-0.15, -0.1) is 13.2 Å². The summed E-state index contributed by atoms with van der Waals surface area (Å²) in [6, 6.07) is 9.05. The summed E-state index contributed by atoms with van der Waals surface area (Å²) in [4.78, 5) is 11.9. The van der Waals surface area contributed by atoms with E-state index in [0.717, 1.165) is 0 Å². The minimum Gasteiger partial charge on any atom is -0.465 e. The Bertz CT molecular complexity index is 273. The zero-order chi connectivity index (χ0) is 15.0. The van der Waals surface area contributed by atoms with E-state index < -0.39 is 6.09 Å². The lowest BCUT2D eigenvalue weighted by molar-refractivity contribution is 0.202. The van der Waals surface area contributed by atoms with Gasteiger partial charge in [0.1, 0.15) is 0 Å². The first-order valence-corrected chi connectivity index (χ1v) is 6.31. The monoisotopic (exact) mass is 253 g/mol. The van der Waals surface area contributed by atoms with E-state index in [9.17, 15) is 4.79 Å². The van der Waals surface area contributed by atoms with Crippen LogP contribution in [-0.2, 0) is 0 Å². The molecule has 0 aromatic heterocycles. The van der Waals surface area contributed by atoms with Crippen LogP contribution in [0.4, 0.5) is 10.5 Å². The van der Waals surface area contributed by atoms with E-state index in [4.69, 9.17) is 5.11 Å². The molecule has 3 heteroatoms. The lowest BCUT2D eigenvalue weighted by Crippen LogP contribution is -2.28. The normalized spacial score (nSPS) is 7.17. The molecule has 0 heterocycles. The van der Waals surface area contributed by atoms with E-state index in [-0.39, 0.29) is 0 Å². The number of anilines is 1. The topological polar surface area (TPSA) is 40.5 Å². The summed E-state index contributed by atoms with van der Waals surface area (Å²) in [7, 11) is 0. The van der Waals surface area contributed by atoms with Gasteiger partial charge in [0.05, 0.1) is 0 Å². The average Bonchev–Trinajstić information content (AvgIpc) is 2.47. The van der Waals surface area contributed by atoms with Gasteiger partial charge in [-0.1, -0.05) is 45.9 Å². The highest BCUT2D eigenvalue weighted by molar-refractivity contribution is 5.85. The van der Waals surface area contributed by atoms with Gasteiger partial charge in [-0.2, -0.15) is 0 Å². The van der Waals surface area contributed by atoms with Crippen molar-refractivity contribution in [3.05, 3.63) is 43.5 Å². The van der Waals surface area contributed by atoms with Crippen molar-refractivity contribution in [3.63, 3.8) is 0 Å². The fraction of sp³-hybridized carbons (Fsp3) is 0.400. The van der Waals surface area contributed by atoms with Crippen LogP contribution in [0.5, 0.6) is 0 Å². The Morgan fingerprint density at radius 2 is 1.50 bits per heavy atom. The van der Waals surface area contributed by atoms with Gasteiger partial charge in [0.15, 0.2) is 0 Å². The Labute approximate surface area is 112 Å². The molecule has 0 aliphatic rings. The second-order valence-corrected chi connectivity index (χ2v) is 2.36. The van der Waals surface area contributed by atoms with E-state index in [0.29, 0.717) is 12.2 Å². The van der Waals surface area contributed by atoms with Gasteiger partial charge in [0.2, 0.25) is 0 Å². The van der Waals surface area contributed by atoms with Gasteiger partial charge >= 0.3 is 6.09 Å². The van der Waals surface area contributed by atoms with Gasteiger partial charge in [0.25, 0.3) is 0 Å². The molecule has 1 aromatic rings. The van der Waals surface area contributed by atoms with Crippen LogP contribution >= 0.6 is 0 Å². The highest BCUT2D eigenvalue weighted by atomic mass is 16.4. The minimum absolute atomic E-state index is 0.472. The maximum absolute atomic E-state index is 10.7. The molecule has 1 rings (SSSR count). The number of rotatable bonds is 2. The molecule has 0 bridgehead atoms. The summed E-state index contributed by atoms with van der Waals surface area (Å²) >= 11 is 0. The van der Waals surface area contributed by atoms with Crippen molar-refractivity contribution in [1.29, 1.82) is 0 Å². The van der Waals surface area contributed by atoms with Gasteiger partial charge in [-0.05, 0) is 19.1 Å². The van der Waals surface area contributed by atoms with Crippen LogP contribution in [0.15, 0.2) is 43.5 Å². The molecule has 1 aromatic carbocycles. The molecule has 0 unspecified atom stereocenters. The number of carboxylic acid groups (broad SMARTS) is 1. The second kappa shape index (κ2) is 17.6. The summed E-state index contributed by atoms with van der Waals surface area (Å²) < 4.78 is 0. The van der Waals surface area contributed by atoms with E-state index >= 15 is 0 Å². The van der Waals surface area contributed by atoms with Crippen molar-refractivity contribution < 1.29 is 9.90 Å². The predicted molar refractivity (Wildman–Crippen MR) is 81.4 cm³/mol. The van der Waals surface area contributed by atoms with Crippen molar-refractivity contribution in [1.82, 2.24) is 0 Å². The Balaban J connectivity index is -0.000000328. The Morgan fingerprint density at radius 3 is 1.78 bits per heavy atom. The number of benzene rings is 1. The van der Waals surface area contributed by atoms with Gasteiger partial charge in [-0.25, -0.2) is 4.79 Å². The number of hydrogen-bond acceptors (Lipinski definition) is 1. The molecule has 0 aliphatic heterocycles. The van der Waals surface area contributed by atoms with E-state index in [2.05, 4.69) is 13.2 Å². The fourth-order valence-corrected chi connectivity index (χ4v) is 1.04. The standard InChI is InChI=1S/C9H11NO2.2C2H6.C2H4/c1-2-10(9(11)12)8-6-4-3-5-7-8;3*1-2/h3-7H,2H2,1H3,(H,11,12);2*1-2H3;1-2H2. The average molecular weight is 253 g/mol. The van der Waals surface area contributed by atoms with Crippen LogP contribution in [0.1, 0.15) is 34.6 Å². The van der Waals surface area contributed by atoms with Crippen LogP contribution in [0, 0.1) is 0 Å². The molecule has 1 N–H and O–H groups in total. The van der Waals surface area contributed by atoms with Crippen molar-refractivity contribution in [2.24, 2.45) is 0 Å². The maximum Gasteiger partial charge on any atom is 0.411 e. The summed E-state index contributed by atoms with van der Waals surface area (Å²) in [6.07, 6.45) is -0.913. The Kier molecular flexibility index (Phi) is 21.1. The molecule has 3 nitrogen and oxygen atoms in total. The highest BCUT2D eigenvalue weighted by Crippen LogP contribution is 2.12. The van der Waals surface area contributed by atoms with Crippen LogP contribution in [-0.4, -0.2) is 17.7 Å². The fourth-order valence-electron chi connectivity index (χ4n) is 1.04. The van der Waals surface area contributed by atoms with E-state index in [1.807, 2.05) is 45.9 Å². The number of hydrogen-bond donors (Lipinski definition) is 1. The molecule has 1 amide bonds. The first-order valence-electron chi connectivity index (χ1n) is 6.31. The molecule has 18 heavy (non-hydrogen) atoms. The maximum atomic E-state index is 10.7. The predicted octanol–water partition coefficient (Wildman–Crippen LogP) is 5.05. The number of nitrogens with zero attached hydrogens (tertiary/aromatic N) is 1. The Hall–Kier alpha value is -1.77. The van der Waals surface area contributed by atoms with E-state index in [1.165, 1.54) is 4.90 Å². The van der Waals surface area contributed by atoms with Gasteiger partial charge in [0, 0.05) is 12.2 Å². The van der Waals surface area contributed by atoms with Crippen molar-refractivity contribution in [2.45, 2.75) is 34.6 Å².